The molecule has 1 amide bonds. The fraction of sp³-hybridized carbons (Fsp3) is 0.444. The molecule has 1 saturated heterocycles. The molecule has 0 aliphatic carbocycles. The first kappa shape index (κ1) is 16.4. The van der Waals surface area contributed by atoms with Gasteiger partial charge in [-0.2, -0.15) is 0 Å². The average molecular weight is 330 g/mol. The molecule has 1 aromatic heterocycles. The normalized spacial score (nSPS) is 17.8. The first-order chi connectivity index (χ1) is 11.6. The van der Waals surface area contributed by atoms with E-state index in [0.717, 1.165) is 29.5 Å². The number of carbonyl (C=O) groups is 2. The van der Waals surface area contributed by atoms with Crippen molar-refractivity contribution in [3.8, 4) is 5.75 Å². The number of H-pyrrole nitrogens is 1. The minimum Gasteiger partial charge on any atom is -0.497 e. The van der Waals surface area contributed by atoms with Crippen molar-refractivity contribution >= 4 is 22.8 Å². The summed E-state index contributed by atoms with van der Waals surface area (Å²) in [6.45, 7) is 3.24. The number of esters is 1. The number of fused-ring (bicyclic) bond motifs is 1. The van der Waals surface area contributed by atoms with Gasteiger partial charge in [-0.1, -0.05) is 0 Å². The van der Waals surface area contributed by atoms with Crippen molar-refractivity contribution in [1.82, 2.24) is 9.88 Å². The summed E-state index contributed by atoms with van der Waals surface area (Å²) in [6, 6.07) is 7.48. The number of carbonyl (C=O) groups excluding carboxylic acids is 2. The van der Waals surface area contributed by atoms with Gasteiger partial charge in [0.25, 0.3) is 5.91 Å². The minimum absolute atomic E-state index is 0.0841. The maximum Gasteiger partial charge on any atom is 0.310 e. The van der Waals surface area contributed by atoms with Crippen molar-refractivity contribution in [3.05, 3.63) is 30.0 Å². The lowest BCUT2D eigenvalue weighted by molar-refractivity contribution is -0.149. The highest BCUT2D eigenvalue weighted by Gasteiger charge is 2.30. The highest BCUT2D eigenvalue weighted by atomic mass is 16.5. The number of aromatic nitrogens is 1. The Morgan fingerprint density at radius 2 is 2.17 bits per heavy atom. The van der Waals surface area contributed by atoms with E-state index in [1.807, 2.05) is 24.3 Å². The van der Waals surface area contributed by atoms with Crippen LogP contribution < -0.4 is 4.74 Å². The number of amides is 1. The summed E-state index contributed by atoms with van der Waals surface area (Å²) in [5, 5.41) is 0.957. The number of aromatic amines is 1. The molecule has 1 N–H and O–H groups in total. The van der Waals surface area contributed by atoms with Gasteiger partial charge in [-0.15, -0.1) is 0 Å². The van der Waals surface area contributed by atoms with Gasteiger partial charge in [0, 0.05) is 30.1 Å². The third-order valence-electron chi connectivity index (χ3n) is 4.39. The van der Waals surface area contributed by atoms with Gasteiger partial charge in [0.05, 0.1) is 19.6 Å². The zero-order chi connectivity index (χ0) is 17.1. The molecule has 6 heteroatoms. The van der Waals surface area contributed by atoms with E-state index in [2.05, 4.69) is 4.98 Å². The first-order valence-corrected chi connectivity index (χ1v) is 8.25. The Labute approximate surface area is 140 Å². The number of rotatable bonds is 4. The molecule has 1 aliphatic rings. The average Bonchev–Trinajstić information content (AvgIpc) is 3.04. The van der Waals surface area contributed by atoms with Gasteiger partial charge in [0.15, 0.2) is 0 Å². The molecule has 6 nitrogen and oxygen atoms in total. The van der Waals surface area contributed by atoms with Crippen LogP contribution in [0.15, 0.2) is 24.3 Å². The number of likely N-dealkylation sites (tertiary alicyclic amines) is 1. The zero-order valence-corrected chi connectivity index (χ0v) is 14.0. The van der Waals surface area contributed by atoms with Gasteiger partial charge in [0.2, 0.25) is 0 Å². The summed E-state index contributed by atoms with van der Waals surface area (Å²) in [6.07, 6.45) is 1.58. The number of hydrogen-bond acceptors (Lipinski definition) is 4. The highest BCUT2D eigenvalue weighted by Crippen LogP contribution is 2.24. The molecular formula is C18H22N2O4. The largest absolute Gasteiger partial charge is 0.497 e. The smallest absolute Gasteiger partial charge is 0.310 e. The van der Waals surface area contributed by atoms with Crippen LogP contribution >= 0.6 is 0 Å². The first-order valence-electron chi connectivity index (χ1n) is 8.25. The van der Waals surface area contributed by atoms with E-state index in [-0.39, 0.29) is 17.8 Å². The lowest BCUT2D eigenvalue weighted by Crippen LogP contribution is -2.42. The third-order valence-corrected chi connectivity index (χ3v) is 4.39. The molecule has 1 aromatic carbocycles. The van der Waals surface area contributed by atoms with Crippen LogP contribution in [-0.2, 0) is 9.53 Å². The maximum atomic E-state index is 12.8. The topological polar surface area (TPSA) is 71.6 Å². The fourth-order valence-corrected chi connectivity index (χ4v) is 3.13. The van der Waals surface area contributed by atoms with Gasteiger partial charge in [-0.05, 0) is 38.0 Å². The maximum absolute atomic E-state index is 12.8. The van der Waals surface area contributed by atoms with E-state index >= 15 is 0 Å². The Morgan fingerprint density at radius 1 is 1.33 bits per heavy atom. The summed E-state index contributed by atoms with van der Waals surface area (Å²) < 4.78 is 10.3. The van der Waals surface area contributed by atoms with Crippen molar-refractivity contribution in [2.24, 2.45) is 5.92 Å². The fourth-order valence-electron chi connectivity index (χ4n) is 3.13. The summed E-state index contributed by atoms with van der Waals surface area (Å²) in [5.41, 5.74) is 1.39. The summed E-state index contributed by atoms with van der Waals surface area (Å²) >= 11 is 0. The summed E-state index contributed by atoms with van der Waals surface area (Å²) in [7, 11) is 1.61. The van der Waals surface area contributed by atoms with E-state index in [1.165, 1.54) is 0 Å². The van der Waals surface area contributed by atoms with Crippen molar-refractivity contribution in [2.45, 2.75) is 19.8 Å². The Hall–Kier alpha value is -2.50. The van der Waals surface area contributed by atoms with E-state index in [9.17, 15) is 9.59 Å². The molecule has 0 unspecified atom stereocenters. The third kappa shape index (κ3) is 3.22. The van der Waals surface area contributed by atoms with Gasteiger partial charge in [-0.3, -0.25) is 9.59 Å². The van der Waals surface area contributed by atoms with E-state index in [1.54, 1.807) is 18.9 Å². The van der Waals surface area contributed by atoms with Crippen LogP contribution in [0, 0.1) is 5.92 Å². The quantitative estimate of drug-likeness (QED) is 0.875. The van der Waals surface area contributed by atoms with E-state index in [0.29, 0.717) is 25.4 Å². The van der Waals surface area contributed by atoms with Crippen molar-refractivity contribution in [1.29, 1.82) is 0 Å². The van der Waals surface area contributed by atoms with Crippen LogP contribution in [0.25, 0.3) is 10.9 Å². The Morgan fingerprint density at radius 3 is 2.92 bits per heavy atom. The van der Waals surface area contributed by atoms with Crippen molar-refractivity contribution in [2.75, 3.05) is 26.8 Å². The molecule has 1 aliphatic heterocycles. The molecule has 2 aromatic rings. The lowest BCUT2D eigenvalue weighted by atomic mass is 9.98. The highest BCUT2D eigenvalue weighted by molar-refractivity contribution is 5.98. The molecule has 1 atom stereocenters. The zero-order valence-electron chi connectivity index (χ0n) is 14.0. The number of benzene rings is 1. The summed E-state index contributed by atoms with van der Waals surface area (Å²) in [4.78, 5) is 29.6. The monoisotopic (exact) mass is 330 g/mol. The van der Waals surface area contributed by atoms with E-state index in [4.69, 9.17) is 9.47 Å². The SMILES string of the molecule is CCOC(=O)[C@H]1CCCN(C(=O)c2cc3ccc(OC)cc3[nH]2)C1. The van der Waals surface area contributed by atoms with E-state index < -0.39 is 0 Å². The van der Waals surface area contributed by atoms with Crippen LogP contribution in [0.5, 0.6) is 5.75 Å². The molecule has 1 fully saturated rings. The van der Waals surface area contributed by atoms with Gasteiger partial charge >= 0.3 is 5.97 Å². The number of nitrogens with zero attached hydrogens (tertiary/aromatic N) is 1. The lowest BCUT2D eigenvalue weighted by Gasteiger charge is -2.31. The molecule has 0 bridgehead atoms. The van der Waals surface area contributed by atoms with Crippen LogP contribution in [-0.4, -0.2) is 48.6 Å². The summed E-state index contributed by atoms with van der Waals surface area (Å²) in [5.74, 6) is 0.214. The molecule has 2 heterocycles. The Balaban J connectivity index is 1.77. The van der Waals surface area contributed by atoms with Crippen LogP contribution in [0.3, 0.4) is 0 Å². The predicted octanol–water partition coefficient (Wildman–Crippen LogP) is 2.59. The number of ether oxygens (including phenoxy) is 2. The molecule has 0 saturated carbocycles. The number of nitrogens with one attached hydrogen (secondary N) is 1. The number of methoxy groups -OCH3 is 1. The molecule has 0 radical (unpaired) electrons. The van der Waals surface area contributed by atoms with Crippen LogP contribution in [0.4, 0.5) is 0 Å². The number of hydrogen-bond donors (Lipinski definition) is 1. The molecule has 0 spiro atoms. The van der Waals surface area contributed by atoms with Gasteiger partial charge < -0.3 is 19.4 Å². The Kier molecular flexibility index (Phi) is 4.74. The van der Waals surface area contributed by atoms with Gasteiger partial charge in [-0.25, -0.2) is 0 Å². The van der Waals surface area contributed by atoms with Crippen LogP contribution in [0.2, 0.25) is 0 Å². The standard InChI is InChI=1S/C18H22N2O4/c1-3-24-18(22)13-5-4-8-20(11-13)17(21)16-9-12-6-7-14(23-2)10-15(12)19-16/h6-7,9-10,13,19H,3-5,8,11H2,1-2H3/t13-/m0/s1. The number of piperidine rings is 1. The predicted molar refractivity (Wildman–Crippen MR) is 90.1 cm³/mol. The second kappa shape index (κ2) is 6.95. The molecule has 24 heavy (non-hydrogen) atoms. The second-order valence-electron chi connectivity index (χ2n) is 5.98. The van der Waals surface area contributed by atoms with Crippen molar-refractivity contribution in [3.63, 3.8) is 0 Å². The minimum atomic E-state index is -0.230. The molecular weight excluding hydrogens is 308 g/mol. The Bertz CT molecular complexity index is 753. The molecule has 128 valence electrons. The van der Waals surface area contributed by atoms with Crippen LogP contribution in [0.1, 0.15) is 30.3 Å². The van der Waals surface area contributed by atoms with Crippen molar-refractivity contribution < 1.29 is 19.1 Å². The van der Waals surface area contributed by atoms with Gasteiger partial charge in [0.1, 0.15) is 11.4 Å². The second-order valence-corrected chi connectivity index (χ2v) is 5.98. The molecule has 3 rings (SSSR count).